The molecule has 0 radical (unpaired) electrons. The van der Waals surface area contributed by atoms with Crippen LogP contribution < -0.4 is 9.75 Å². The van der Waals surface area contributed by atoms with E-state index in [1.165, 1.54) is 0 Å². The number of hydrazine groups is 1. The molecule has 0 unspecified atom stereocenters. The van der Waals surface area contributed by atoms with Crippen molar-refractivity contribution in [1.82, 2.24) is 5.01 Å². The van der Waals surface area contributed by atoms with Gasteiger partial charge in [0.1, 0.15) is 5.75 Å². The summed E-state index contributed by atoms with van der Waals surface area (Å²) in [5.41, 5.74) is 2.20. The number of nitrogens with zero attached hydrogens (tertiary/aromatic N) is 2. The first-order chi connectivity index (χ1) is 8.72. The summed E-state index contributed by atoms with van der Waals surface area (Å²) in [6.45, 7) is 0. The first-order valence-electron chi connectivity index (χ1n) is 5.89. The second-order valence-electron chi connectivity index (χ2n) is 4.20. The molecule has 0 atom stereocenters. The summed E-state index contributed by atoms with van der Waals surface area (Å²) < 4.78 is 5.28. The van der Waals surface area contributed by atoms with Gasteiger partial charge in [-0.2, -0.15) is 0 Å². The fourth-order valence-corrected chi connectivity index (χ4v) is 1.92. The standard InChI is InChI=1S/C15H18N2O/c1-16(2)17(13-8-5-4-6-9-13)14-10-7-11-15(12-14)18-3/h4-12H,1-3H3. The summed E-state index contributed by atoms with van der Waals surface area (Å²) in [4.78, 5) is 0. The van der Waals surface area contributed by atoms with E-state index in [1.807, 2.05) is 55.5 Å². The van der Waals surface area contributed by atoms with Crippen molar-refractivity contribution in [2.75, 3.05) is 26.2 Å². The van der Waals surface area contributed by atoms with Crippen LogP contribution in [0.15, 0.2) is 54.6 Å². The Morgan fingerprint density at radius 2 is 1.50 bits per heavy atom. The maximum absolute atomic E-state index is 5.28. The van der Waals surface area contributed by atoms with Crippen LogP contribution in [0.5, 0.6) is 5.75 Å². The highest BCUT2D eigenvalue weighted by atomic mass is 16.5. The van der Waals surface area contributed by atoms with Crippen LogP contribution in [0.3, 0.4) is 0 Å². The molecule has 0 spiro atoms. The Kier molecular flexibility index (Phi) is 3.85. The molecule has 2 aromatic carbocycles. The van der Waals surface area contributed by atoms with Crippen molar-refractivity contribution in [2.45, 2.75) is 0 Å². The molecule has 3 heteroatoms. The Morgan fingerprint density at radius 3 is 2.11 bits per heavy atom. The van der Waals surface area contributed by atoms with Gasteiger partial charge in [0.2, 0.25) is 0 Å². The molecule has 0 aromatic heterocycles. The van der Waals surface area contributed by atoms with E-state index in [0.29, 0.717) is 0 Å². The van der Waals surface area contributed by atoms with Crippen molar-refractivity contribution < 1.29 is 4.74 Å². The van der Waals surface area contributed by atoms with E-state index < -0.39 is 0 Å². The maximum Gasteiger partial charge on any atom is 0.120 e. The van der Waals surface area contributed by atoms with Crippen LogP contribution in [0, 0.1) is 0 Å². The van der Waals surface area contributed by atoms with Gasteiger partial charge in [-0.25, -0.2) is 5.01 Å². The zero-order chi connectivity index (χ0) is 13.0. The van der Waals surface area contributed by atoms with Crippen LogP contribution >= 0.6 is 0 Å². The number of rotatable bonds is 4. The lowest BCUT2D eigenvalue weighted by molar-refractivity contribution is 0.407. The minimum Gasteiger partial charge on any atom is -0.497 e. The highest BCUT2D eigenvalue weighted by Gasteiger charge is 2.11. The van der Waals surface area contributed by atoms with Crippen molar-refractivity contribution in [3.8, 4) is 5.75 Å². The summed E-state index contributed by atoms with van der Waals surface area (Å²) in [5.74, 6) is 0.857. The van der Waals surface area contributed by atoms with Crippen molar-refractivity contribution in [3.05, 3.63) is 54.6 Å². The third-order valence-electron chi connectivity index (χ3n) is 2.70. The lowest BCUT2D eigenvalue weighted by Crippen LogP contribution is -2.32. The second-order valence-corrected chi connectivity index (χ2v) is 4.20. The first-order valence-corrected chi connectivity index (χ1v) is 5.89. The molecule has 94 valence electrons. The molecule has 0 saturated heterocycles. The monoisotopic (exact) mass is 242 g/mol. The average Bonchev–Trinajstić information content (AvgIpc) is 2.40. The summed E-state index contributed by atoms with van der Waals surface area (Å²) >= 11 is 0. The number of anilines is 2. The molecule has 0 heterocycles. The summed E-state index contributed by atoms with van der Waals surface area (Å²) in [7, 11) is 5.72. The van der Waals surface area contributed by atoms with Gasteiger partial charge < -0.3 is 4.74 Å². The molecule has 0 aliphatic heterocycles. The van der Waals surface area contributed by atoms with Gasteiger partial charge in [0, 0.05) is 20.2 Å². The van der Waals surface area contributed by atoms with Crippen LogP contribution in [0.4, 0.5) is 11.4 Å². The van der Waals surface area contributed by atoms with Gasteiger partial charge >= 0.3 is 0 Å². The minimum atomic E-state index is 0.857. The summed E-state index contributed by atoms with van der Waals surface area (Å²) in [6, 6.07) is 18.3. The van der Waals surface area contributed by atoms with Gasteiger partial charge in [-0.3, -0.25) is 5.01 Å². The van der Waals surface area contributed by atoms with Crippen molar-refractivity contribution in [2.24, 2.45) is 0 Å². The minimum absolute atomic E-state index is 0.857. The van der Waals surface area contributed by atoms with Gasteiger partial charge in [-0.15, -0.1) is 0 Å². The van der Waals surface area contributed by atoms with E-state index in [1.54, 1.807) is 7.11 Å². The Balaban J connectivity index is 2.42. The van der Waals surface area contributed by atoms with Crippen LogP contribution in [0.2, 0.25) is 0 Å². The molecular formula is C15H18N2O. The maximum atomic E-state index is 5.28. The zero-order valence-electron chi connectivity index (χ0n) is 11.0. The average molecular weight is 242 g/mol. The van der Waals surface area contributed by atoms with E-state index in [4.69, 9.17) is 4.74 Å². The number of ether oxygens (including phenoxy) is 1. The van der Waals surface area contributed by atoms with E-state index in [2.05, 4.69) is 23.2 Å². The molecule has 0 fully saturated rings. The fourth-order valence-electron chi connectivity index (χ4n) is 1.92. The lowest BCUT2D eigenvalue weighted by Gasteiger charge is -2.31. The van der Waals surface area contributed by atoms with Gasteiger partial charge in [-0.1, -0.05) is 24.3 Å². The van der Waals surface area contributed by atoms with Gasteiger partial charge in [0.05, 0.1) is 18.5 Å². The smallest absolute Gasteiger partial charge is 0.120 e. The Bertz CT molecular complexity index is 497. The molecule has 0 aliphatic carbocycles. The molecule has 3 nitrogen and oxygen atoms in total. The lowest BCUT2D eigenvalue weighted by atomic mass is 10.2. The molecule has 0 N–H and O–H groups in total. The van der Waals surface area contributed by atoms with Crippen LogP contribution in [0.25, 0.3) is 0 Å². The van der Waals surface area contributed by atoms with Crippen molar-refractivity contribution in [3.63, 3.8) is 0 Å². The predicted octanol–water partition coefficient (Wildman–Crippen LogP) is 3.31. The number of hydrogen-bond donors (Lipinski definition) is 0. The number of benzene rings is 2. The number of para-hydroxylation sites is 1. The molecule has 0 saturated carbocycles. The second kappa shape index (κ2) is 5.56. The van der Waals surface area contributed by atoms with Gasteiger partial charge in [0.25, 0.3) is 0 Å². The van der Waals surface area contributed by atoms with E-state index in [9.17, 15) is 0 Å². The normalized spacial score (nSPS) is 10.4. The number of hydrogen-bond acceptors (Lipinski definition) is 3. The van der Waals surface area contributed by atoms with E-state index in [0.717, 1.165) is 17.1 Å². The third kappa shape index (κ3) is 2.63. The van der Waals surface area contributed by atoms with Gasteiger partial charge in [-0.05, 0) is 24.3 Å². The molecule has 18 heavy (non-hydrogen) atoms. The first kappa shape index (κ1) is 12.5. The van der Waals surface area contributed by atoms with Crippen molar-refractivity contribution in [1.29, 1.82) is 0 Å². The van der Waals surface area contributed by atoms with Crippen LogP contribution in [0.1, 0.15) is 0 Å². The molecule has 0 amide bonds. The third-order valence-corrected chi connectivity index (χ3v) is 2.70. The quantitative estimate of drug-likeness (QED) is 0.765. The van der Waals surface area contributed by atoms with Crippen LogP contribution in [-0.4, -0.2) is 26.2 Å². The molecule has 2 aromatic rings. The van der Waals surface area contributed by atoms with Crippen molar-refractivity contribution >= 4 is 11.4 Å². The van der Waals surface area contributed by atoms with E-state index in [-0.39, 0.29) is 0 Å². The topological polar surface area (TPSA) is 15.7 Å². The number of methoxy groups -OCH3 is 1. The Morgan fingerprint density at radius 1 is 0.833 bits per heavy atom. The summed E-state index contributed by atoms with van der Waals surface area (Å²) in [6.07, 6.45) is 0. The fraction of sp³-hybridized carbons (Fsp3) is 0.200. The Hall–Kier alpha value is -2.00. The zero-order valence-corrected chi connectivity index (χ0v) is 11.0. The van der Waals surface area contributed by atoms with Crippen LogP contribution in [-0.2, 0) is 0 Å². The summed E-state index contributed by atoms with van der Waals surface area (Å²) in [5, 5.41) is 4.17. The highest BCUT2D eigenvalue weighted by Crippen LogP contribution is 2.28. The van der Waals surface area contributed by atoms with E-state index >= 15 is 0 Å². The SMILES string of the molecule is COc1cccc(N(c2ccccc2)N(C)C)c1. The molecule has 0 aliphatic rings. The molecule has 0 bridgehead atoms. The van der Waals surface area contributed by atoms with Gasteiger partial charge in [0.15, 0.2) is 0 Å². The largest absolute Gasteiger partial charge is 0.497 e. The highest BCUT2D eigenvalue weighted by molar-refractivity contribution is 5.63. The Labute approximate surface area is 108 Å². The molecule has 2 rings (SSSR count). The molecular weight excluding hydrogens is 224 g/mol. The predicted molar refractivity (Wildman–Crippen MR) is 75.3 cm³/mol.